The van der Waals surface area contributed by atoms with Gasteiger partial charge in [-0.25, -0.2) is 9.37 Å². The smallest absolute Gasteiger partial charge is 0.129 e. The van der Waals surface area contributed by atoms with Crippen LogP contribution in [-0.4, -0.2) is 29.8 Å². The van der Waals surface area contributed by atoms with E-state index in [-0.39, 0.29) is 17.8 Å². The molecule has 0 amide bonds. The Balaban J connectivity index is 1.61. The van der Waals surface area contributed by atoms with Gasteiger partial charge in [-0.2, -0.15) is 0 Å². The first-order valence-electron chi connectivity index (χ1n) is 9.14. The fourth-order valence-corrected chi connectivity index (χ4v) is 4.01. The summed E-state index contributed by atoms with van der Waals surface area (Å²) in [4.78, 5) is 7.02. The summed E-state index contributed by atoms with van der Waals surface area (Å²) >= 11 is 0. The van der Waals surface area contributed by atoms with E-state index in [1.165, 1.54) is 6.07 Å². The highest BCUT2D eigenvalue weighted by Crippen LogP contribution is 2.36. The van der Waals surface area contributed by atoms with Gasteiger partial charge in [-0.05, 0) is 49.1 Å². The lowest BCUT2D eigenvalue weighted by molar-refractivity contribution is 0.104. The fraction of sp³-hybridized carbons (Fsp3) is 0.318. The second kappa shape index (κ2) is 7.04. The monoisotopic (exact) mass is 350 g/mol. The minimum Gasteiger partial charge on any atom is -0.396 e. The molecule has 1 aliphatic heterocycles. The molecule has 2 aromatic carbocycles. The zero-order chi connectivity index (χ0) is 18.0. The van der Waals surface area contributed by atoms with Crippen LogP contribution in [0.25, 0.3) is 10.9 Å². The molecule has 1 N–H and O–H groups in total. The minimum absolute atomic E-state index is 0.0470. The normalized spacial score (nSPS) is 20.5. The molecule has 26 heavy (non-hydrogen) atoms. The van der Waals surface area contributed by atoms with Crippen molar-refractivity contribution in [3.05, 3.63) is 72.0 Å². The summed E-state index contributed by atoms with van der Waals surface area (Å²) in [7, 11) is 0. The maximum atomic E-state index is 14.1. The summed E-state index contributed by atoms with van der Waals surface area (Å²) in [5, 5.41) is 11.3. The first-order chi connectivity index (χ1) is 12.7. The van der Waals surface area contributed by atoms with Crippen molar-refractivity contribution in [2.45, 2.75) is 19.3 Å². The molecule has 1 atom stereocenters. The van der Waals surface area contributed by atoms with E-state index in [1.54, 1.807) is 6.07 Å². The van der Waals surface area contributed by atoms with Gasteiger partial charge in [-0.1, -0.05) is 36.4 Å². The van der Waals surface area contributed by atoms with Crippen molar-refractivity contribution in [2.75, 3.05) is 24.6 Å². The maximum Gasteiger partial charge on any atom is 0.129 e. The summed E-state index contributed by atoms with van der Waals surface area (Å²) < 4.78 is 14.1. The van der Waals surface area contributed by atoms with Crippen LogP contribution in [0.1, 0.15) is 18.4 Å². The summed E-state index contributed by atoms with van der Waals surface area (Å²) in [6.45, 7) is 1.64. The van der Waals surface area contributed by atoms with E-state index in [2.05, 4.69) is 17.0 Å². The van der Waals surface area contributed by atoms with Crippen LogP contribution >= 0.6 is 0 Å². The number of pyridine rings is 1. The van der Waals surface area contributed by atoms with Crippen LogP contribution in [0.3, 0.4) is 0 Å². The topological polar surface area (TPSA) is 36.4 Å². The highest BCUT2D eigenvalue weighted by atomic mass is 19.1. The lowest BCUT2D eigenvalue weighted by Crippen LogP contribution is -2.47. The zero-order valence-electron chi connectivity index (χ0n) is 14.7. The Kier molecular flexibility index (Phi) is 4.60. The maximum absolute atomic E-state index is 14.1. The van der Waals surface area contributed by atoms with Crippen LogP contribution in [-0.2, 0) is 6.42 Å². The number of benzene rings is 2. The van der Waals surface area contributed by atoms with Gasteiger partial charge in [0.2, 0.25) is 0 Å². The molecule has 4 heteroatoms. The quantitative estimate of drug-likeness (QED) is 0.766. The number of nitrogens with zero attached hydrogens (tertiary/aromatic N) is 2. The number of aromatic nitrogens is 1. The van der Waals surface area contributed by atoms with Crippen LogP contribution in [0.4, 0.5) is 10.2 Å². The number of aliphatic hydroxyl groups excluding tert-OH is 1. The predicted molar refractivity (Wildman–Crippen MR) is 103 cm³/mol. The molecule has 3 nitrogen and oxygen atoms in total. The molecule has 0 spiro atoms. The van der Waals surface area contributed by atoms with Gasteiger partial charge in [-0.15, -0.1) is 0 Å². The Morgan fingerprint density at radius 2 is 1.85 bits per heavy atom. The van der Waals surface area contributed by atoms with Gasteiger partial charge in [0.25, 0.3) is 0 Å². The standard InChI is InChI=1S/C22H23FN2O/c23-19-8-3-1-7-18(19)14-22(16-26)12-5-13-25(15-22)21-11-10-17-6-2-4-9-20(17)24-21/h1-4,6-11,26H,5,12-16H2. The highest BCUT2D eigenvalue weighted by Gasteiger charge is 2.36. The summed E-state index contributed by atoms with van der Waals surface area (Å²) in [6, 6.07) is 19.1. The average molecular weight is 350 g/mol. The Morgan fingerprint density at radius 3 is 2.69 bits per heavy atom. The van der Waals surface area contributed by atoms with Crippen molar-refractivity contribution in [1.82, 2.24) is 4.98 Å². The fourth-order valence-electron chi connectivity index (χ4n) is 4.01. The van der Waals surface area contributed by atoms with E-state index < -0.39 is 0 Å². The summed E-state index contributed by atoms with van der Waals surface area (Å²) in [5.74, 6) is 0.732. The molecule has 4 rings (SSSR count). The van der Waals surface area contributed by atoms with Crippen LogP contribution in [0, 0.1) is 11.2 Å². The Bertz CT molecular complexity index is 913. The van der Waals surface area contributed by atoms with Gasteiger partial charge in [-0.3, -0.25) is 0 Å². The van der Waals surface area contributed by atoms with Crippen molar-refractivity contribution in [3.63, 3.8) is 0 Å². The van der Waals surface area contributed by atoms with Gasteiger partial charge < -0.3 is 10.0 Å². The number of anilines is 1. The largest absolute Gasteiger partial charge is 0.396 e. The van der Waals surface area contributed by atoms with Crippen LogP contribution < -0.4 is 4.90 Å². The van der Waals surface area contributed by atoms with E-state index >= 15 is 0 Å². The molecular weight excluding hydrogens is 327 g/mol. The lowest BCUT2D eigenvalue weighted by atomic mass is 9.75. The van der Waals surface area contributed by atoms with Crippen molar-refractivity contribution >= 4 is 16.7 Å². The first kappa shape index (κ1) is 17.0. The van der Waals surface area contributed by atoms with E-state index in [4.69, 9.17) is 4.98 Å². The third-order valence-electron chi connectivity index (χ3n) is 5.43. The number of hydrogen-bond donors (Lipinski definition) is 1. The molecule has 2 heterocycles. The molecule has 0 saturated carbocycles. The van der Waals surface area contributed by atoms with Crippen molar-refractivity contribution < 1.29 is 9.50 Å². The van der Waals surface area contributed by atoms with Crippen LogP contribution in [0.2, 0.25) is 0 Å². The van der Waals surface area contributed by atoms with Gasteiger partial charge in [0.15, 0.2) is 0 Å². The third kappa shape index (κ3) is 3.29. The molecule has 1 fully saturated rings. The van der Waals surface area contributed by atoms with Gasteiger partial charge in [0, 0.05) is 23.9 Å². The second-order valence-corrected chi connectivity index (χ2v) is 7.31. The molecule has 134 valence electrons. The molecule has 1 aliphatic rings. The SMILES string of the molecule is OCC1(Cc2ccccc2F)CCCN(c2ccc3ccccc3n2)C1. The number of piperidine rings is 1. The first-order valence-corrected chi connectivity index (χ1v) is 9.14. The molecule has 0 radical (unpaired) electrons. The molecule has 1 aromatic heterocycles. The molecule has 1 unspecified atom stereocenters. The van der Waals surface area contributed by atoms with Gasteiger partial charge in [0.1, 0.15) is 11.6 Å². The second-order valence-electron chi connectivity index (χ2n) is 7.31. The third-order valence-corrected chi connectivity index (χ3v) is 5.43. The number of halogens is 1. The van der Waals surface area contributed by atoms with E-state index in [1.807, 2.05) is 36.4 Å². The van der Waals surface area contributed by atoms with E-state index in [0.29, 0.717) is 18.5 Å². The van der Waals surface area contributed by atoms with Crippen LogP contribution in [0.15, 0.2) is 60.7 Å². The number of fused-ring (bicyclic) bond motifs is 1. The highest BCUT2D eigenvalue weighted by molar-refractivity contribution is 5.80. The minimum atomic E-state index is -0.340. The number of para-hydroxylation sites is 1. The van der Waals surface area contributed by atoms with Crippen molar-refractivity contribution in [2.24, 2.45) is 5.41 Å². The molecule has 0 bridgehead atoms. The average Bonchev–Trinajstić information content (AvgIpc) is 2.69. The zero-order valence-corrected chi connectivity index (χ0v) is 14.7. The number of aliphatic hydroxyl groups is 1. The summed E-state index contributed by atoms with van der Waals surface area (Å²) in [6.07, 6.45) is 2.39. The Hall–Kier alpha value is -2.46. The molecular formula is C22H23FN2O. The Morgan fingerprint density at radius 1 is 1.04 bits per heavy atom. The molecule has 1 saturated heterocycles. The summed E-state index contributed by atoms with van der Waals surface area (Å²) in [5.41, 5.74) is 1.31. The lowest BCUT2D eigenvalue weighted by Gasteiger charge is -2.42. The van der Waals surface area contributed by atoms with E-state index in [9.17, 15) is 9.50 Å². The van der Waals surface area contributed by atoms with Gasteiger partial charge in [0.05, 0.1) is 12.1 Å². The van der Waals surface area contributed by atoms with Gasteiger partial charge >= 0.3 is 0 Å². The molecule has 3 aromatic rings. The predicted octanol–water partition coefficient (Wildman–Crippen LogP) is 4.20. The Labute approximate surface area is 153 Å². The van der Waals surface area contributed by atoms with E-state index in [0.717, 1.165) is 36.1 Å². The van der Waals surface area contributed by atoms with Crippen molar-refractivity contribution in [3.8, 4) is 0 Å². The molecule has 0 aliphatic carbocycles. The number of hydrogen-bond acceptors (Lipinski definition) is 3. The van der Waals surface area contributed by atoms with Crippen LogP contribution in [0.5, 0.6) is 0 Å². The van der Waals surface area contributed by atoms with Crippen molar-refractivity contribution in [1.29, 1.82) is 0 Å². The number of rotatable bonds is 4.